The van der Waals surface area contributed by atoms with E-state index in [0.29, 0.717) is 0 Å². The quantitative estimate of drug-likeness (QED) is 0.592. The fourth-order valence-corrected chi connectivity index (χ4v) is 2.89. The molecule has 1 heterocycles. The third kappa shape index (κ3) is 2.98. The van der Waals surface area contributed by atoms with Crippen LogP contribution in [0.15, 0.2) is 41.6 Å². The number of aromatic nitrogens is 1. The van der Waals surface area contributed by atoms with Crippen molar-refractivity contribution in [2.75, 3.05) is 10.1 Å². The Balaban J connectivity index is 2.43. The predicted molar refractivity (Wildman–Crippen MR) is 74.3 cm³/mol. The molecule has 1 aromatic heterocycles. The van der Waals surface area contributed by atoms with Crippen LogP contribution in [0.1, 0.15) is 0 Å². The Hall–Kier alpha value is -1.90. The molecule has 9 heteroatoms. The number of halogens is 2. The Kier molecular flexibility index (Phi) is 4.07. The van der Waals surface area contributed by atoms with Gasteiger partial charge in [0, 0.05) is 12.4 Å². The molecule has 0 bridgehead atoms. The van der Waals surface area contributed by atoms with Gasteiger partial charge in [-0.25, -0.2) is 12.8 Å². The van der Waals surface area contributed by atoms with Gasteiger partial charge in [0.25, 0.3) is 10.0 Å². The molecule has 0 amide bonds. The van der Waals surface area contributed by atoms with Crippen molar-refractivity contribution in [3.63, 3.8) is 0 Å². The van der Waals surface area contributed by atoms with Gasteiger partial charge in [-0.2, -0.15) is 0 Å². The molecule has 6 nitrogen and oxygen atoms in total. The van der Waals surface area contributed by atoms with Crippen molar-refractivity contribution in [1.29, 1.82) is 0 Å². The van der Waals surface area contributed by atoms with E-state index in [1.165, 1.54) is 18.3 Å². The highest BCUT2D eigenvalue weighted by Crippen LogP contribution is 2.27. The number of benzene rings is 1. The lowest BCUT2D eigenvalue weighted by Crippen LogP contribution is -2.18. The first kappa shape index (κ1) is 14.5. The normalized spacial score (nSPS) is 11.2. The zero-order chi connectivity index (χ0) is 14.8. The van der Waals surface area contributed by atoms with Crippen molar-refractivity contribution in [1.82, 2.24) is 4.98 Å². The van der Waals surface area contributed by atoms with Crippen LogP contribution >= 0.6 is 11.6 Å². The predicted octanol–water partition coefficient (Wildman–Crippen LogP) is 1.96. The summed E-state index contributed by atoms with van der Waals surface area (Å²) < 4.78 is 39.7. The lowest BCUT2D eigenvalue weighted by Gasteiger charge is -2.12. The monoisotopic (exact) mass is 316 g/mol. The number of sulfonamides is 1. The second-order valence-electron chi connectivity index (χ2n) is 3.75. The van der Waals surface area contributed by atoms with Gasteiger partial charge in [-0.15, -0.1) is 0 Å². The van der Waals surface area contributed by atoms with Gasteiger partial charge in [-0.3, -0.25) is 15.5 Å². The molecule has 0 unspecified atom stereocenters. The van der Waals surface area contributed by atoms with E-state index >= 15 is 0 Å². The van der Waals surface area contributed by atoms with E-state index in [9.17, 15) is 12.8 Å². The van der Waals surface area contributed by atoms with Crippen LogP contribution in [0.3, 0.4) is 0 Å². The number of nitrogen functional groups attached to an aromatic ring is 1. The number of hydrazine groups is 1. The second-order valence-corrected chi connectivity index (χ2v) is 5.80. The van der Waals surface area contributed by atoms with E-state index in [1.807, 2.05) is 0 Å². The van der Waals surface area contributed by atoms with E-state index in [0.717, 1.165) is 18.3 Å². The largest absolute Gasteiger partial charge is 0.323 e. The fraction of sp³-hybridized carbons (Fsp3) is 0. The van der Waals surface area contributed by atoms with Crippen LogP contribution in [0.5, 0.6) is 0 Å². The summed E-state index contributed by atoms with van der Waals surface area (Å²) in [7, 11) is -4.00. The summed E-state index contributed by atoms with van der Waals surface area (Å²) in [6.07, 6.45) is 2.49. The molecule has 4 N–H and O–H groups in total. The highest BCUT2D eigenvalue weighted by molar-refractivity contribution is 7.92. The topological polar surface area (TPSA) is 97.1 Å². The molecule has 0 saturated heterocycles. The third-order valence-electron chi connectivity index (χ3n) is 2.40. The number of nitrogens with zero attached hydrogens (tertiary/aromatic N) is 1. The maximum atomic E-state index is 13.1. The number of rotatable bonds is 4. The summed E-state index contributed by atoms with van der Waals surface area (Å²) in [6.45, 7) is 0. The zero-order valence-corrected chi connectivity index (χ0v) is 11.5. The molecule has 0 atom stereocenters. The average Bonchev–Trinajstić information content (AvgIpc) is 2.42. The molecular formula is C11H10ClFN4O2S. The standard InChI is InChI=1S/C11H10ClFN4O2S/c12-8-2-1-7(13)5-10(8)17-20(18,19)11-6-15-4-3-9(11)16-14/h1-6,17H,14H2,(H,15,16). The number of nitrogens with one attached hydrogen (secondary N) is 2. The van der Waals surface area contributed by atoms with Crippen molar-refractivity contribution in [3.05, 3.63) is 47.5 Å². The molecule has 0 aliphatic carbocycles. The molecule has 0 fully saturated rings. The van der Waals surface area contributed by atoms with Crippen molar-refractivity contribution < 1.29 is 12.8 Å². The molecule has 0 aliphatic rings. The van der Waals surface area contributed by atoms with Crippen molar-refractivity contribution >= 4 is 33.0 Å². The first-order chi connectivity index (χ1) is 9.44. The third-order valence-corrected chi connectivity index (χ3v) is 4.12. The number of pyridine rings is 1. The summed E-state index contributed by atoms with van der Waals surface area (Å²) in [5.74, 6) is 4.62. The lowest BCUT2D eigenvalue weighted by molar-refractivity contribution is 0.601. The SMILES string of the molecule is NNc1ccncc1S(=O)(=O)Nc1cc(F)ccc1Cl. The minimum Gasteiger partial charge on any atom is -0.323 e. The summed E-state index contributed by atoms with van der Waals surface area (Å²) in [6, 6.07) is 4.74. The number of hydrogen-bond acceptors (Lipinski definition) is 5. The van der Waals surface area contributed by atoms with Crippen LogP contribution in [-0.2, 0) is 10.0 Å². The lowest BCUT2D eigenvalue weighted by atomic mass is 10.3. The number of hydrogen-bond donors (Lipinski definition) is 3. The zero-order valence-electron chi connectivity index (χ0n) is 9.97. The Bertz CT molecular complexity index is 739. The molecule has 106 valence electrons. The smallest absolute Gasteiger partial charge is 0.265 e. The minimum atomic E-state index is -4.00. The van der Waals surface area contributed by atoms with E-state index in [1.54, 1.807) is 0 Å². The summed E-state index contributed by atoms with van der Waals surface area (Å²) >= 11 is 5.81. The Labute approximate surface area is 119 Å². The van der Waals surface area contributed by atoms with Crippen LogP contribution in [0.25, 0.3) is 0 Å². The van der Waals surface area contributed by atoms with Crippen LogP contribution in [-0.4, -0.2) is 13.4 Å². The Morgan fingerprint density at radius 3 is 2.70 bits per heavy atom. The second kappa shape index (κ2) is 5.61. The van der Waals surface area contributed by atoms with E-state index < -0.39 is 15.8 Å². The maximum Gasteiger partial charge on any atom is 0.265 e. The van der Waals surface area contributed by atoms with Gasteiger partial charge < -0.3 is 5.43 Å². The highest BCUT2D eigenvalue weighted by atomic mass is 35.5. The van der Waals surface area contributed by atoms with Crippen LogP contribution in [0, 0.1) is 5.82 Å². The Morgan fingerprint density at radius 1 is 1.25 bits per heavy atom. The van der Waals surface area contributed by atoms with E-state index in [2.05, 4.69) is 15.1 Å². The molecule has 2 aromatic rings. The minimum absolute atomic E-state index is 0.0705. The van der Waals surface area contributed by atoms with Gasteiger partial charge in [-0.05, 0) is 24.3 Å². The van der Waals surface area contributed by atoms with E-state index in [-0.39, 0.29) is 21.3 Å². The Morgan fingerprint density at radius 2 is 2.00 bits per heavy atom. The molecule has 1 aromatic carbocycles. The molecule has 20 heavy (non-hydrogen) atoms. The first-order valence-corrected chi connectivity index (χ1v) is 7.18. The van der Waals surface area contributed by atoms with Gasteiger partial charge in [0.15, 0.2) is 0 Å². The molecule has 0 radical (unpaired) electrons. The van der Waals surface area contributed by atoms with Crippen LogP contribution in [0.2, 0.25) is 5.02 Å². The van der Waals surface area contributed by atoms with Gasteiger partial charge in [0.05, 0.1) is 16.4 Å². The van der Waals surface area contributed by atoms with Crippen molar-refractivity contribution in [3.8, 4) is 0 Å². The van der Waals surface area contributed by atoms with Gasteiger partial charge >= 0.3 is 0 Å². The highest BCUT2D eigenvalue weighted by Gasteiger charge is 2.20. The first-order valence-electron chi connectivity index (χ1n) is 5.32. The van der Waals surface area contributed by atoms with Crippen LogP contribution < -0.4 is 16.0 Å². The average molecular weight is 317 g/mol. The van der Waals surface area contributed by atoms with Gasteiger partial charge in [0.2, 0.25) is 0 Å². The summed E-state index contributed by atoms with van der Waals surface area (Å²) in [5, 5.41) is 0.0705. The van der Waals surface area contributed by atoms with Crippen molar-refractivity contribution in [2.24, 2.45) is 5.84 Å². The molecular weight excluding hydrogens is 307 g/mol. The van der Waals surface area contributed by atoms with Gasteiger partial charge in [0.1, 0.15) is 10.7 Å². The molecule has 0 saturated carbocycles. The molecule has 2 rings (SSSR count). The maximum absolute atomic E-state index is 13.1. The fourth-order valence-electron chi connectivity index (χ4n) is 1.49. The van der Waals surface area contributed by atoms with Crippen molar-refractivity contribution in [2.45, 2.75) is 4.90 Å². The number of anilines is 2. The van der Waals surface area contributed by atoms with Gasteiger partial charge in [-0.1, -0.05) is 11.6 Å². The summed E-state index contributed by atoms with van der Waals surface area (Å²) in [5.41, 5.74) is 2.33. The van der Waals surface area contributed by atoms with Crippen LogP contribution in [0.4, 0.5) is 15.8 Å². The summed E-state index contributed by atoms with van der Waals surface area (Å²) in [4.78, 5) is 3.54. The number of nitrogens with two attached hydrogens (primary N) is 1. The molecule has 0 aliphatic heterocycles. The van der Waals surface area contributed by atoms with E-state index in [4.69, 9.17) is 17.4 Å². The molecule has 0 spiro atoms.